The molecule has 1 aromatic rings. The molecule has 1 atom stereocenters. The third kappa shape index (κ3) is 2.76. The quantitative estimate of drug-likeness (QED) is 0.901. The minimum atomic E-state index is -3.79. The number of nitrogens with one attached hydrogen (secondary N) is 1. The third-order valence-corrected chi connectivity index (χ3v) is 4.81. The molecule has 6 heteroatoms. The molecule has 0 aliphatic heterocycles. The number of benzene rings is 1. The van der Waals surface area contributed by atoms with Crippen molar-refractivity contribution in [1.29, 1.82) is 10.5 Å². The lowest BCUT2D eigenvalue weighted by molar-refractivity contribution is 0.458. The maximum absolute atomic E-state index is 12.2. The summed E-state index contributed by atoms with van der Waals surface area (Å²) in [7, 11) is -3.79. The molecule has 1 fully saturated rings. The second-order valence-corrected chi connectivity index (χ2v) is 6.52. The number of sulfonamides is 1. The molecule has 0 spiro atoms. The Bertz CT molecular complexity index is 681. The molecule has 0 amide bonds. The van der Waals surface area contributed by atoms with E-state index in [-0.39, 0.29) is 16.4 Å². The Kier molecular flexibility index (Phi) is 3.32. The highest BCUT2D eigenvalue weighted by atomic mass is 32.2. The lowest BCUT2D eigenvalue weighted by Crippen LogP contribution is -2.46. The van der Waals surface area contributed by atoms with E-state index in [4.69, 9.17) is 5.26 Å². The molecule has 0 saturated heterocycles. The molecule has 1 aliphatic carbocycles. The van der Waals surface area contributed by atoms with Gasteiger partial charge in [0.2, 0.25) is 10.0 Å². The number of rotatable bonds is 4. The smallest absolute Gasteiger partial charge is 0.207 e. The molecule has 2 rings (SSSR count). The van der Waals surface area contributed by atoms with E-state index in [0.29, 0.717) is 0 Å². The molecule has 1 aliphatic rings. The number of hydrogen-bond acceptors (Lipinski definition) is 4. The van der Waals surface area contributed by atoms with Crippen LogP contribution in [0, 0.1) is 28.6 Å². The van der Waals surface area contributed by atoms with Gasteiger partial charge < -0.3 is 0 Å². The van der Waals surface area contributed by atoms with E-state index in [1.165, 1.54) is 24.3 Å². The Balaban J connectivity index is 2.33. The molecule has 0 heterocycles. The standard InChI is InChI=1S/C13H13N3O2S/c1-13(9-15,11-5-6-11)16-19(17,18)12-4-2-3-10(7-12)8-14/h2-4,7,11,16H,5-6H2,1H3/t13-/m1/s1. The van der Waals surface area contributed by atoms with Crippen LogP contribution in [0.15, 0.2) is 29.2 Å². The fourth-order valence-corrected chi connectivity index (χ4v) is 3.36. The lowest BCUT2D eigenvalue weighted by atomic mass is 10.0. The Morgan fingerprint density at radius 2 is 2.05 bits per heavy atom. The van der Waals surface area contributed by atoms with Gasteiger partial charge in [-0.1, -0.05) is 6.07 Å². The second-order valence-electron chi connectivity index (χ2n) is 4.83. The minimum absolute atomic E-state index is 0.00803. The molecular formula is C13H13N3O2S. The summed E-state index contributed by atoms with van der Waals surface area (Å²) in [6, 6.07) is 9.68. The van der Waals surface area contributed by atoms with Crippen molar-refractivity contribution in [3.05, 3.63) is 29.8 Å². The molecule has 1 saturated carbocycles. The van der Waals surface area contributed by atoms with Crippen LogP contribution in [0.5, 0.6) is 0 Å². The summed E-state index contributed by atoms with van der Waals surface area (Å²) in [4.78, 5) is 0.00803. The average molecular weight is 275 g/mol. The normalized spacial score (nSPS) is 18.1. The van der Waals surface area contributed by atoms with Crippen LogP contribution in [0.3, 0.4) is 0 Å². The monoisotopic (exact) mass is 275 g/mol. The summed E-state index contributed by atoms with van der Waals surface area (Å²) in [6.07, 6.45) is 1.70. The van der Waals surface area contributed by atoms with Crippen molar-refractivity contribution < 1.29 is 8.42 Å². The van der Waals surface area contributed by atoms with E-state index < -0.39 is 15.6 Å². The van der Waals surface area contributed by atoms with Gasteiger partial charge in [-0.2, -0.15) is 15.2 Å². The Morgan fingerprint density at radius 3 is 2.58 bits per heavy atom. The van der Waals surface area contributed by atoms with Crippen molar-refractivity contribution >= 4 is 10.0 Å². The summed E-state index contributed by atoms with van der Waals surface area (Å²) in [5, 5.41) is 18.0. The molecule has 0 unspecified atom stereocenters. The van der Waals surface area contributed by atoms with Crippen LogP contribution in [-0.2, 0) is 10.0 Å². The fraction of sp³-hybridized carbons (Fsp3) is 0.385. The van der Waals surface area contributed by atoms with E-state index in [1.807, 2.05) is 12.1 Å². The van der Waals surface area contributed by atoms with Crippen molar-refractivity contribution in [3.8, 4) is 12.1 Å². The SMILES string of the molecule is C[C@](C#N)(NS(=O)(=O)c1cccc(C#N)c1)C1CC1. The Labute approximate surface area is 112 Å². The van der Waals surface area contributed by atoms with Gasteiger partial charge in [0.05, 0.1) is 22.6 Å². The van der Waals surface area contributed by atoms with E-state index in [2.05, 4.69) is 4.72 Å². The Morgan fingerprint density at radius 1 is 1.37 bits per heavy atom. The summed E-state index contributed by atoms with van der Waals surface area (Å²) < 4.78 is 26.9. The first kappa shape index (κ1) is 13.5. The summed E-state index contributed by atoms with van der Waals surface area (Å²) >= 11 is 0. The molecule has 0 aromatic heterocycles. The van der Waals surface area contributed by atoms with E-state index in [1.54, 1.807) is 6.92 Å². The molecule has 19 heavy (non-hydrogen) atoms. The van der Waals surface area contributed by atoms with Crippen molar-refractivity contribution in [2.75, 3.05) is 0 Å². The molecule has 1 aromatic carbocycles. The lowest BCUT2D eigenvalue weighted by Gasteiger charge is -2.22. The zero-order chi connectivity index (χ0) is 14.1. The molecule has 98 valence electrons. The Hall–Kier alpha value is -1.89. The maximum atomic E-state index is 12.2. The largest absolute Gasteiger partial charge is 0.241 e. The van der Waals surface area contributed by atoms with Crippen LogP contribution in [0.1, 0.15) is 25.3 Å². The molecular weight excluding hydrogens is 262 g/mol. The first-order chi connectivity index (χ1) is 8.91. The molecule has 5 nitrogen and oxygen atoms in total. The zero-order valence-corrected chi connectivity index (χ0v) is 11.2. The highest BCUT2D eigenvalue weighted by molar-refractivity contribution is 7.89. The molecule has 0 radical (unpaired) electrons. The van der Waals surface area contributed by atoms with E-state index in [9.17, 15) is 13.7 Å². The van der Waals surface area contributed by atoms with Gasteiger partial charge in [-0.15, -0.1) is 0 Å². The zero-order valence-electron chi connectivity index (χ0n) is 10.4. The van der Waals surface area contributed by atoms with Gasteiger partial charge in [-0.3, -0.25) is 0 Å². The van der Waals surface area contributed by atoms with Gasteiger partial charge in [-0.05, 0) is 43.9 Å². The fourth-order valence-electron chi connectivity index (χ4n) is 1.93. The van der Waals surface area contributed by atoms with Gasteiger partial charge in [0.25, 0.3) is 0 Å². The first-order valence-corrected chi connectivity index (χ1v) is 7.35. The predicted octanol–water partition coefficient (Wildman–Crippen LogP) is 1.53. The summed E-state index contributed by atoms with van der Waals surface area (Å²) in [5.41, 5.74) is -0.811. The van der Waals surface area contributed by atoms with Crippen molar-refractivity contribution in [1.82, 2.24) is 4.72 Å². The third-order valence-electron chi connectivity index (χ3n) is 3.25. The maximum Gasteiger partial charge on any atom is 0.241 e. The number of nitriles is 2. The molecule has 0 bridgehead atoms. The van der Waals surface area contributed by atoms with Gasteiger partial charge in [0.1, 0.15) is 5.54 Å². The minimum Gasteiger partial charge on any atom is -0.207 e. The average Bonchev–Trinajstić information content (AvgIpc) is 3.23. The highest BCUT2D eigenvalue weighted by Gasteiger charge is 2.44. The van der Waals surface area contributed by atoms with Crippen LogP contribution in [-0.4, -0.2) is 14.0 Å². The van der Waals surface area contributed by atoms with Crippen LogP contribution < -0.4 is 4.72 Å². The van der Waals surface area contributed by atoms with Gasteiger partial charge in [-0.25, -0.2) is 8.42 Å². The van der Waals surface area contributed by atoms with Crippen LogP contribution >= 0.6 is 0 Å². The van der Waals surface area contributed by atoms with E-state index in [0.717, 1.165) is 12.8 Å². The van der Waals surface area contributed by atoms with Crippen LogP contribution in [0.4, 0.5) is 0 Å². The topological polar surface area (TPSA) is 93.8 Å². The number of nitrogens with zero attached hydrogens (tertiary/aromatic N) is 2. The highest BCUT2D eigenvalue weighted by Crippen LogP contribution is 2.39. The van der Waals surface area contributed by atoms with Gasteiger partial charge in [0, 0.05) is 0 Å². The predicted molar refractivity (Wildman–Crippen MR) is 68.2 cm³/mol. The number of hydrogen-bond donors (Lipinski definition) is 1. The van der Waals surface area contributed by atoms with Crippen LogP contribution in [0.2, 0.25) is 0 Å². The molecule has 1 N–H and O–H groups in total. The van der Waals surface area contributed by atoms with Crippen molar-refractivity contribution in [3.63, 3.8) is 0 Å². The first-order valence-electron chi connectivity index (χ1n) is 5.87. The van der Waals surface area contributed by atoms with Gasteiger partial charge >= 0.3 is 0 Å². The van der Waals surface area contributed by atoms with E-state index >= 15 is 0 Å². The summed E-state index contributed by atoms with van der Waals surface area (Å²) in [5.74, 6) is 0.0615. The van der Waals surface area contributed by atoms with Crippen molar-refractivity contribution in [2.24, 2.45) is 5.92 Å². The second kappa shape index (κ2) is 4.65. The summed E-state index contributed by atoms with van der Waals surface area (Å²) in [6.45, 7) is 1.59. The van der Waals surface area contributed by atoms with Crippen LogP contribution in [0.25, 0.3) is 0 Å². The van der Waals surface area contributed by atoms with Gasteiger partial charge in [0.15, 0.2) is 0 Å². The van der Waals surface area contributed by atoms with Crippen molar-refractivity contribution in [2.45, 2.75) is 30.2 Å².